The number of aromatic nitrogens is 1. The molecule has 1 aromatic heterocycles. The van der Waals surface area contributed by atoms with E-state index in [1.165, 1.54) is 30.2 Å². The van der Waals surface area contributed by atoms with Crippen molar-refractivity contribution in [3.63, 3.8) is 0 Å². The lowest BCUT2D eigenvalue weighted by atomic mass is 10.0. The molecule has 0 unspecified atom stereocenters. The van der Waals surface area contributed by atoms with Crippen molar-refractivity contribution >= 4 is 5.91 Å². The number of β-amino-alcohol motifs (C(OH)–C–C–N with tert-alkyl or cyclic N) is 1. The fourth-order valence-corrected chi connectivity index (χ4v) is 2.84. The maximum absolute atomic E-state index is 13.4. The molecule has 1 aromatic carbocycles. The Bertz CT molecular complexity index is 703. The minimum Gasteiger partial charge on any atom is -0.391 e. The zero-order valence-corrected chi connectivity index (χ0v) is 12.6. The van der Waals surface area contributed by atoms with Gasteiger partial charge in [0, 0.05) is 19.7 Å². The number of aliphatic hydroxyl groups excluding tert-OH is 1. The molecule has 6 nitrogen and oxygen atoms in total. The number of aliphatic hydroxyl groups is 1. The highest BCUT2D eigenvalue weighted by atomic mass is 19.1. The van der Waals surface area contributed by atoms with Crippen molar-refractivity contribution in [1.29, 1.82) is 0 Å². The smallest absolute Gasteiger partial charge is 0.276 e. The molecular weight excluding hydrogens is 303 g/mol. The number of benzene rings is 1. The molecular formula is C16H17FN2O4. The lowest BCUT2D eigenvalue weighted by Crippen LogP contribution is -2.32. The first-order valence-corrected chi connectivity index (χ1v) is 7.27. The normalized spacial score (nSPS) is 20.9. The van der Waals surface area contributed by atoms with Gasteiger partial charge in [0.2, 0.25) is 0 Å². The van der Waals surface area contributed by atoms with Gasteiger partial charge in [0.1, 0.15) is 12.4 Å². The van der Waals surface area contributed by atoms with Gasteiger partial charge < -0.3 is 19.3 Å². The van der Waals surface area contributed by atoms with Crippen LogP contribution in [0.1, 0.15) is 34.3 Å². The molecule has 0 radical (unpaired) electrons. The van der Waals surface area contributed by atoms with Gasteiger partial charge in [-0.1, -0.05) is 17.3 Å². The Morgan fingerprint density at radius 1 is 1.52 bits per heavy atom. The maximum atomic E-state index is 13.4. The van der Waals surface area contributed by atoms with Crippen LogP contribution in [0.15, 0.2) is 34.9 Å². The second-order valence-corrected chi connectivity index (χ2v) is 5.53. The molecule has 122 valence electrons. The van der Waals surface area contributed by atoms with Gasteiger partial charge >= 0.3 is 0 Å². The second-order valence-electron chi connectivity index (χ2n) is 5.53. The molecule has 0 aliphatic carbocycles. The highest BCUT2D eigenvalue weighted by Crippen LogP contribution is 2.33. The minimum absolute atomic E-state index is 0.146. The minimum atomic E-state index is -0.655. The average molecular weight is 320 g/mol. The van der Waals surface area contributed by atoms with E-state index in [2.05, 4.69) is 5.16 Å². The predicted molar refractivity (Wildman–Crippen MR) is 78.0 cm³/mol. The van der Waals surface area contributed by atoms with Crippen LogP contribution in [0, 0.1) is 5.82 Å². The summed E-state index contributed by atoms with van der Waals surface area (Å²) in [5, 5.41) is 13.7. The Morgan fingerprint density at radius 2 is 2.35 bits per heavy atom. The number of carbonyl (C=O) groups is 1. The molecule has 1 amide bonds. The molecule has 2 atom stereocenters. The summed E-state index contributed by atoms with van der Waals surface area (Å²) in [7, 11) is 1.51. The van der Waals surface area contributed by atoms with Crippen LogP contribution in [0.5, 0.6) is 0 Å². The molecule has 0 saturated carbocycles. The lowest BCUT2D eigenvalue weighted by molar-refractivity contribution is 0.0704. The lowest BCUT2D eigenvalue weighted by Gasteiger charge is -2.23. The topological polar surface area (TPSA) is 75.8 Å². The largest absolute Gasteiger partial charge is 0.391 e. The third-order valence-electron chi connectivity index (χ3n) is 3.84. The van der Waals surface area contributed by atoms with Gasteiger partial charge in [-0.15, -0.1) is 0 Å². The van der Waals surface area contributed by atoms with E-state index in [1.807, 2.05) is 0 Å². The van der Waals surface area contributed by atoms with Crippen LogP contribution in [0.25, 0.3) is 0 Å². The number of hydrogen-bond acceptors (Lipinski definition) is 5. The first-order valence-electron chi connectivity index (χ1n) is 7.27. The number of halogens is 1. The quantitative estimate of drug-likeness (QED) is 0.931. The highest BCUT2D eigenvalue weighted by Gasteiger charge is 2.37. The molecule has 1 aliphatic heterocycles. The molecule has 1 aliphatic rings. The van der Waals surface area contributed by atoms with Crippen molar-refractivity contribution < 1.29 is 23.6 Å². The molecule has 23 heavy (non-hydrogen) atoms. The molecule has 7 heteroatoms. The zero-order chi connectivity index (χ0) is 16.4. The number of amides is 1. The number of nitrogens with zero attached hydrogens (tertiary/aromatic N) is 2. The average Bonchev–Trinajstić information content (AvgIpc) is 3.14. The van der Waals surface area contributed by atoms with E-state index in [1.54, 1.807) is 12.1 Å². The standard InChI is InChI=1S/C16H17FN2O4/c1-22-9-13-7-14(18-23-13)16(21)19-8-12(20)6-15(19)10-3-2-4-11(17)5-10/h2-5,7,12,15,20H,6,8-9H2,1H3/t12-,15+/m1/s1. The van der Waals surface area contributed by atoms with Gasteiger partial charge in [0.25, 0.3) is 5.91 Å². The van der Waals surface area contributed by atoms with E-state index in [9.17, 15) is 14.3 Å². The van der Waals surface area contributed by atoms with Crippen molar-refractivity contribution in [3.8, 4) is 0 Å². The van der Waals surface area contributed by atoms with Gasteiger partial charge in [0.15, 0.2) is 11.5 Å². The first kappa shape index (κ1) is 15.6. The van der Waals surface area contributed by atoms with Gasteiger partial charge in [-0.05, 0) is 24.1 Å². The van der Waals surface area contributed by atoms with Crippen molar-refractivity contribution in [1.82, 2.24) is 10.1 Å². The summed E-state index contributed by atoms with van der Waals surface area (Å²) in [5.41, 5.74) is 0.795. The Hall–Kier alpha value is -2.25. The van der Waals surface area contributed by atoms with Crippen molar-refractivity contribution in [2.24, 2.45) is 0 Å². The summed E-state index contributed by atoms with van der Waals surface area (Å²) >= 11 is 0. The Morgan fingerprint density at radius 3 is 3.09 bits per heavy atom. The maximum Gasteiger partial charge on any atom is 0.276 e. The van der Waals surface area contributed by atoms with E-state index < -0.39 is 12.1 Å². The molecule has 1 N–H and O–H groups in total. The number of methoxy groups -OCH3 is 1. The van der Waals surface area contributed by atoms with Gasteiger partial charge in [-0.25, -0.2) is 4.39 Å². The zero-order valence-electron chi connectivity index (χ0n) is 12.6. The Balaban J connectivity index is 1.85. The summed E-state index contributed by atoms with van der Waals surface area (Å²) in [5.74, 6) is -0.292. The van der Waals surface area contributed by atoms with Crippen LogP contribution in [0.2, 0.25) is 0 Å². The number of ether oxygens (including phenoxy) is 1. The third kappa shape index (κ3) is 3.25. The summed E-state index contributed by atoms with van der Waals surface area (Å²) in [6.07, 6.45) is -0.296. The monoisotopic (exact) mass is 320 g/mol. The molecule has 0 spiro atoms. The van der Waals surface area contributed by atoms with Crippen LogP contribution >= 0.6 is 0 Å². The highest BCUT2D eigenvalue weighted by molar-refractivity contribution is 5.92. The van der Waals surface area contributed by atoms with E-state index in [0.29, 0.717) is 17.7 Å². The first-order chi connectivity index (χ1) is 11.1. The van der Waals surface area contributed by atoms with E-state index in [4.69, 9.17) is 9.26 Å². The van der Waals surface area contributed by atoms with E-state index >= 15 is 0 Å². The van der Waals surface area contributed by atoms with Gasteiger partial charge in [-0.3, -0.25) is 4.79 Å². The molecule has 2 heterocycles. The number of hydrogen-bond donors (Lipinski definition) is 1. The summed E-state index contributed by atoms with van der Waals surface area (Å²) in [4.78, 5) is 14.1. The molecule has 2 aromatic rings. The van der Waals surface area contributed by atoms with Crippen molar-refractivity contribution in [2.45, 2.75) is 25.2 Å². The fraction of sp³-hybridized carbons (Fsp3) is 0.375. The van der Waals surface area contributed by atoms with Crippen molar-refractivity contribution in [3.05, 3.63) is 53.2 Å². The molecule has 3 rings (SSSR count). The number of likely N-dealkylation sites (tertiary alicyclic amines) is 1. The predicted octanol–water partition coefficient (Wildman–Crippen LogP) is 1.91. The SMILES string of the molecule is COCc1cc(C(=O)N2C[C@H](O)C[C@H]2c2cccc(F)c2)no1. The molecule has 1 saturated heterocycles. The Kier molecular flexibility index (Phi) is 4.40. The van der Waals surface area contributed by atoms with Gasteiger partial charge in [0.05, 0.1) is 12.1 Å². The fourth-order valence-electron chi connectivity index (χ4n) is 2.84. The van der Waals surface area contributed by atoms with Crippen LogP contribution in [-0.4, -0.2) is 40.8 Å². The van der Waals surface area contributed by atoms with Gasteiger partial charge in [-0.2, -0.15) is 0 Å². The van der Waals surface area contributed by atoms with Crippen LogP contribution < -0.4 is 0 Å². The third-order valence-corrected chi connectivity index (χ3v) is 3.84. The number of carbonyl (C=O) groups excluding carboxylic acids is 1. The summed E-state index contributed by atoms with van der Waals surface area (Å²) < 4.78 is 23.4. The number of rotatable bonds is 4. The van der Waals surface area contributed by atoms with Crippen LogP contribution in [0.3, 0.4) is 0 Å². The van der Waals surface area contributed by atoms with E-state index in [-0.39, 0.29) is 30.6 Å². The summed E-state index contributed by atoms with van der Waals surface area (Å²) in [6.45, 7) is 0.392. The van der Waals surface area contributed by atoms with Crippen molar-refractivity contribution in [2.75, 3.05) is 13.7 Å². The molecule has 1 fully saturated rings. The summed E-state index contributed by atoms with van der Waals surface area (Å²) in [6, 6.07) is 7.17. The van der Waals surface area contributed by atoms with E-state index in [0.717, 1.165) is 0 Å². The molecule has 0 bridgehead atoms. The van der Waals surface area contributed by atoms with Crippen LogP contribution in [0.4, 0.5) is 4.39 Å². The van der Waals surface area contributed by atoms with Crippen LogP contribution in [-0.2, 0) is 11.3 Å². The second kappa shape index (κ2) is 6.47. The Labute approximate surface area is 132 Å².